The molecule has 2 aliphatic rings. The first-order valence-electron chi connectivity index (χ1n) is 11.9. The van der Waals surface area contributed by atoms with Gasteiger partial charge >= 0.3 is 6.18 Å². The molecule has 0 bridgehead atoms. The van der Waals surface area contributed by atoms with Gasteiger partial charge in [0.2, 0.25) is 0 Å². The van der Waals surface area contributed by atoms with E-state index in [2.05, 4.69) is 16.3 Å². The van der Waals surface area contributed by atoms with Gasteiger partial charge in [0.25, 0.3) is 0 Å². The Morgan fingerprint density at radius 2 is 1.70 bits per heavy atom. The second-order valence-corrected chi connectivity index (χ2v) is 9.64. The van der Waals surface area contributed by atoms with Crippen LogP contribution in [0.1, 0.15) is 54.7 Å². The minimum atomic E-state index is -4.34. The minimum absolute atomic E-state index is 0.171. The van der Waals surface area contributed by atoms with Gasteiger partial charge < -0.3 is 15.0 Å². The predicted octanol–water partition coefficient (Wildman–Crippen LogP) is 6.51. The van der Waals surface area contributed by atoms with E-state index in [-0.39, 0.29) is 6.61 Å². The molecule has 1 saturated heterocycles. The summed E-state index contributed by atoms with van der Waals surface area (Å²) in [5.41, 5.74) is 1.26. The molecule has 2 fully saturated rings. The van der Waals surface area contributed by atoms with Crippen LogP contribution in [0.2, 0.25) is 5.02 Å². The highest BCUT2D eigenvalue weighted by Crippen LogP contribution is 2.39. The molecule has 1 aliphatic carbocycles. The molecule has 2 aromatic rings. The summed E-state index contributed by atoms with van der Waals surface area (Å²) in [5, 5.41) is 3.98. The Bertz CT molecular complexity index is 891. The van der Waals surface area contributed by atoms with E-state index in [9.17, 15) is 13.2 Å². The van der Waals surface area contributed by atoms with Crippen LogP contribution in [-0.2, 0) is 12.8 Å². The van der Waals surface area contributed by atoms with Crippen LogP contribution >= 0.6 is 11.6 Å². The summed E-state index contributed by atoms with van der Waals surface area (Å²) in [5.74, 6) is 1.68. The molecule has 0 radical (unpaired) electrons. The minimum Gasteiger partial charge on any atom is -0.487 e. The van der Waals surface area contributed by atoms with Gasteiger partial charge in [-0.2, -0.15) is 13.2 Å². The molecule has 4 rings (SSSR count). The topological polar surface area (TPSA) is 24.5 Å². The van der Waals surface area contributed by atoms with Crippen molar-refractivity contribution >= 4 is 11.6 Å². The maximum atomic E-state index is 12.8. The molecule has 1 heterocycles. The lowest BCUT2D eigenvalue weighted by atomic mass is 9.76. The monoisotopic (exact) mass is 480 g/mol. The van der Waals surface area contributed by atoms with Gasteiger partial charge in [0.15, 0.2) is 0 Å². The summed E-state index contributed by atoms with van der Waals surface area (Å²) < 4.78 is 44.1. The molecule has 33 heavy (non-hydrogen) atoms. The summed E-state index contributed by atoms with van der Waals surface area (Å²) in [6, 6.07) is 11.1. The third kappa shape index (κ3) is 6.65. The van der Waals surface area contributed by atoms with E-state index in [1.165, 1.54) is 49.8 Å². The molecule has 2 aromatic carbocycles. The van der Waals surface area contributed by atoms with Crippen LogP contribution in [0.3, 0.4) is 0 Å². The molecular weight excluding hydrogens is 449 g/mol. The number of piperazine rings is 1. The van der Waals surface area contributed by atoms with Crippen molar-refractivity contribution in [2.24, 2.45) is 5.92 Å². The van der Waals surface area contributed by atoms with Crippen molar-refractivity contribution in [3.63, 3.8) is 0 Å². The zero-order valence-corrected chi connectivity index (χ0v) is 19.6. The van der Waals surface area contributed by atoms with E-state index in [1.807, 2.05) is 12.1 Å². The van der Waals surface area contributed by atoms with Gasteiger partial charge in [-0.25, -0.2) is 0 Å². The molecule has 1 atom stereocenters. The molecular formula is C26H32ClF3N2O. The van der Waals surface area contributed by atoms with Gasteiger partial charge in [0.05, 0.1) is 10.6 Å². The number of rotatable bonds is 7. The van der Waals surface area contributed by atoms with Gasteiger partial charge in [-0.15, -0.1) is 0 Å². The van der Waals surface area contributed by atoms with E-state index in [4.69, 9.17) is 16.3 Å². The average Bonchev–Trinajstić information content (AvgIpc) is 2.83. The van der Waals surface area contributed by atoms with Gasteiger partial charge in [-0.3, -0.25) is 0 Å². The second-order valence-electron chi connectivity index (χ2n) is 9.23. The van der Waals surface area contributed by atoms with Crippen molar-refractivity contribution in [3.05, 3.63) is 64.2 Å². The zero-order chi connectivity index (χ0) is 23.3. The van der Waals surface area contributed by atoms with Crippen LogP contribution in [0.5, 0.6) is 5.75 Å². The highest BCUT2D eigenvalue weighted by Gasteiger charge is 2.30. The second kappa shape index (κ2) is 11.1. The quantitative estimate of drug-likeness (QED) is 0.489. The van der Waals surface area contributed by atoms with Crippen molar-refractivity contribution in [1.29, 1.82) is 0 Å². The smallest absolute Gasteiger partial charge is 0.416 e. The Balaban J connectivity index is 1.44. The first-order chi connectivity index (χ1) is 15.9. The number of nitrogens with zero attached hydrogens (tertiary/aromatic N) is 1. The lowest BCUT2D eigenvalue weighted by Gasteiger charge is -2.36. The largest absolute Gasteiger partial charge is 0.487 e. The standard InChI is InChI=1S/C26H32ClF3N2O/c27-24-16-21(23(20-4-2-1-3-5-20)17-32-14-12-31-13-15-32)8-11-25(24)33-18-19-6-9-22(10-7-19)26(28,29)30/h6-11,16,20,23,31H,1-5,12-15,17-18H2. The van der Waals surface area contributed by atoms with E-state index in [0.717, 1.165) is 44.9 Å². The summed E-state index contributed by atoms with van der Waals surface area (Å²) in [7, 11) is 0. The van der Waals surface area contributed by atoms with Crippen LogP contribution in [0.4, 0.5) is 13.2 Å². The first-order valence-corrected chi connectivity index (χ1v) is 12.3. The molecule has 7 heteroatoms. The van der Waals surface area contributed by atoms with Crippen LogP contribution in [0.25, 0.3) is 0 Å². The lowest BCUT2D eigenvalue weighted by molar-refractivity contribution is -0.137. The first kappa shape index (κ1) is 24.4. The van der Waals surface area contributed by atoms with Crippen LogP contribution in [0.15, 0.2) is 42.5 Å². The lowest BCUT2D eigenvalue weighted by Crippen LogP contribution is -2.45. The van der Waals surface area contributed by atoms with Gasteiger partial charge in [-0.05, 0) is 60.1 Å². The van der Waals surface area contributed by atoms with Crippen molar-refractivity contribution in [2.45, 2.75) is 50.8 Å². The zero-order valence-electron chi connectivity index (χ0n) is 18.8. The normalized spacial score (nSPS) is 19.4. The molecule has 3 nitrogen and oxygen atoms in total. The van der Waals surface area contributed by atoms with E-state index in [0.29, 0.717) is 28.2 Å². The number of ether oxygens (including phenoxy) is 1. The molecule has 1 aliphatic heterocycles. The molecule has 0 aromatic heterocycles. The molecule has 1 N–H and O–H groups in total. The average molecular weight is 481 g/mol. The highest BCUT2D eigenvalue weighted by atomic mass is 35.5. The number of hydrogen-bond acceptors (Lipinski definition) is 3. The third-order valence-electron chi connectivity index (χ3n) is 6.94. The fraction of sp³-hybridized carbons (Fsp3) is 0.538. The Hall–Kier alpha value is -1.76. The highest BCUT2D eigenvalue weighted by molar-refractivity contribution is 6.32. The maximum Gasteiger partial charge on any atom is 0.416 e. The van der Waals surface area contributed by atoms with Crippen LogP contribution in [-0.4, -0.2) is 37.6 Å². The SMILES string of the molecule is FC(F)(F)c1ccc(COc2ccc(C(CN3CCNCC3)C3CCCCC3)cc2Cl)cc1. The number of halogens is 4. The Labute approximate surface area is 199 Å². The van der Waals surface area contributed by atoms with Crippen LogP contribution < -0.4 is 10.1 Å². The molecule has 180 valence electrons. The predicted molar refractivity (Wildman–Crippen MR) is 126 cm³/mol. The summed E-state index contributed by atoms with van der Waals surface area (Å²) in [4.78, 5) is 2.55. The van der Waals surface area contributed by atoms with Gasteiger partial charge in [0, 0.05) is 32.7 Å². The number of nitrogens with one attached hydrogen (secondary N) is 1. The Kier molecular flexibility index (Phi) is 8.20. The molecule has 1 saturated carbocycles. The van der Waals surface area contributed by atoms with Crippen molar-refractivity contribution < 1.29 is 17.9 Å². The summed E-state index contributed by atoms with van der Waals surface area (Å²) in [6.07, 6.45) is 2.11. The molecule has 0 spiro atoms. The van der Waals surface area contributed by atoms with E-state index < -0.39 is 11.7 Å². The fourth-order valence-electron chi connectivity index (χ4n) is 5.05. The van der Waals surface area contributed by atoms with Gasteiger partial charge in [-0.1, -0.05) is 49.1 Å². The molecule has 1 unspecified atom stereocenters. The van der Waals surface area contributed by atoms with Crippen LogP contribution in [0, 0.1) is 5.92 Å². The Morgan fingerprint density at radius 3 is 2.33 bits per heavy atom. The summed E-state index contributed by atoms with van der Waals surface area (Å²) in [6.45, 7) is 5.44. The van der Waals surface area contributed by atoms with Crippen molar-refractivity contribution in [3.8, 4) is 5.75 Å². The maximum absolute atomic E-state index is 12.8. The van der Waals surface area contributed by atoms with Crippen molar-refractivity contribution in [1.82, 2.24) is 10.2 Å². The molecule has 0 amide bonds. The fourth-order valence-corrected chi connectivity index (χ4v) is 5.29. The number of hydrogen-bond donors (Lipinski definition) is 1. The summed E-state index contributed by atoms with van der Waals surface area (Å²) >= 11 is 6.61. The number of alkyl halides is 3. The van der Waals surface area contributed by atoms with Gasteiger partial charge in [0.1, 0.15) is 12.4 Å². The third-order valence-corrected chi connectivity index (χ3v) is 7.24. The Morgan fingerprint density at radius 1 is 1.00 bits per heavy atom. The van der Waals surface area contributed by atoms with Crippen molar-refractivity contribution in [2.75, 3.05) is 32.7 Å². The van der Waals surface area contributed by atoms with E-state index in [1.54, 1.807) is 0 Å². The van der Waals surface area contributed by atoms with E-state index >= 15 is 0 Å². The number of benzene rings is 2.